The van der Waals surface area contributed by atoms with Gasteiger partial charge in [0.1, 0.15) is 23.7 Å². The summed E-state index contributed by atoms with van der Waals surface area (Å²) in [5.74, 6) is 0.926. The van der Waals surface area contributed by atoms with Gasteiger partial charge in [-0.05, 0) is 66.7 Å². The molecule has 0 N–H and O–H groups in total. The first kappa shape index (κ1) is 31.1. The van der Waals surface area contributed by atoms with Gasteiger partial charge in [-0.1, -0.05) is 79.3 Å². The van der Waals surface area contributed by atoms with Crippen molar-refractivity contribution in [3.8, 4) is 11.5 Å². The van der Waals surface area contributed by atoms with Crippen molar-refractivity contribution in [3.63, 3.8) is 0 Å². The second kappa shape index (κ2) is 11.3. The molecule has 2 aliphatic heterocycles. The minimum absolute atomic E-state index is 0.118. The van der Waals surface area contributed by atoms with Crippen LogP contribution in [0.15, 0.2) is 107 Å². The quantitative estimate of drug-likeness (QED) is 0.151. The van der Waals surface area contributed by atoms with Crippen LogP contribution in [0.3, 0.4) is 0 Å². The van der Waals surface area contributed by atoms with Crippen LogP contribution in [0.25, 0.3) is 23.3 Å². The monoisotopic (exact) mass is 730 g/mol. The Morgan fingerprint density at radius 3 is 1.70 bits per heavy atom. The van der Waals surface area contributed by atoms with Gasteiger partial charge in [0.15, 0.2) is 23.1 Å². The van der Waals surface area contributed by atoms with Gasteiger partial charge in [-0.25, -0.2) is 0 Å². The van der Waals surface area contributed by atoms with Gasteiger partial charge in [0.2, 0.25) is 0 Å². The molecule has 1 fully saturated rings. The van der Waals surface area contributed by atoms with Crippen molar-refractivity contribution in [2.45, 2.75) is 37.7 Å². The van der Waals surface area contributed by atoms with Crippen molar-refractivity contribution >= 4 is 69.1 Å². The fraction of sp³-hybridized carbons (Fsp3) is 0.200. The molecule has 2 aromatic heterocycles. The largest absolute Gasteiger partial charge is 0.487 e. The first-order valence-corrected chi connectivity index (χ1v) is 19.8. The molecule has 1 saturated carbocycles. The number of ketones is 4. The Morgan fingerprint density at radius 2 is 1.11 bits per heavy atom. The molecule has 258 valence electrons. The molecule has 11 rings (SSSR count). The van der Waals surface area contributed by atoms with Crippen LogP contribution in [0.4, 0.5) is 0 Å². The summed E-state index contributed by atoms with van der Waals surface area (Å²) >= 11 is 3.12. The van der Waals surface area contributed by atoms with Crippen molar-refractivity contribution in [1.82, 2.24) is 0 Å². The third-order valence-electron chi connectivity index (χ3n) is 11.7. The number of ether oxygens (including phenoxy) is 2. The second-order valence-electron chi connectivity index (χ2n) is 14.7. The smallest absolute Gasteiger partial charge is 0.197 e. The summed E-state index contributed by atoms with van der Waals surface area (Å²) in [5.41, 5.74) is 6.53. The second-order valence-corrected chi connectivity index (χ2v) is 16.9. The van der Waals surface area contributed by atoms with Crippen molar-refractivity contribution in [3.05, 3.63) is 149 Å². The summed E-state index contributed by atoms with van der Waals surface area (Å²) in [5, 5.41) is 0. The molecule has 7 aliphatic rings. The number of Topliss-reactive ketones (excluding diaryl/α,β-unsaturated/α-hetero) is 4. The van der Waals surface area contributed by atoms with Gasteiger partial charge in [0.25, 0.3) is 0 Å². The van der Waals surface area contributed by atoms with Crippen molar-refractivity contribution in [2.24, 2.45) is 11.8 Å². The lowest BCUT2D eigenvalue weighted by atomic mass is 9.68. The minimum atomic E-state index is -0.424. The van der Waals surface area contributed by atoms with Crippen LogP contribution in [-0.4, -0.2) is 35.3 Å². The van der Waals surface area contributed by atoms with E-state index in [9.17, 15) is 19.2 Å². The van der Waals surface area contributed by atoms with E-state index in [1.165, 1.54) is 17.6 Å². The first-order chi connectivity index (χ1) is 25.8. The number of rotatable bonds is 2. The SMILES string of the molecule is O=C1C(=Cc2cc3c(s2)C2=CC4C=C5C(=CC4C=C2CO3)c2sc(C=C3C(=O)c4ccccc4C3=O)cc2OC52CCCCC2)C(=O)c2ccccc21. The maximum absolute atomic E-state index is 13.2. The molecule has 2 aromatic carbocycles. The van der Waals surface area contributed by atoms with Crippen LogP contribution < -0.4 is 9.47 Å². The Morgan fingerprint density at radius 1 is 0.604 bits per heavy atom. The minimum Gasteiger partial charge on any atom is -0.487 e. The predicted octanol–water partition coefficient (Wildman–Crippen LogP) is 9.80. The number of allylic oxidation sites excluding steroid dienone is 6. The average molecular weight is 731 g/mol. The number of benzene rings is 2. The first-order valence-electron chi connectivity index (χ1n) is 18.1. The van der Waals surface area contributed by atoms with Gasteiger partial charge in [-0.3, -0.25) is 19.2 Å². The molecule has 5 aliphatic carbocycles. The zero-order valence-corrected chi connectivity index (χ0v) is 30.0. The Hall–Kier alpha value is -5.44. The fourth-order valence-corrected chi connectivity index (χ4v) is 11.3. The molecule has 4 heterocycles. The molecule has 2 unspecified atom stereocenters. The molecular weight excluding hydrogens is 701 g/mol. The van der Waals surface area contributed by atoms with Gasteiger partial charge in [-0.2, -0.15) is 0 Å². The van der Waals surface area contributed by atoms with E-state index in [4.69, 9.17) is 9.47 Å². The van der Waals surface area contributed by atoms with Crippen LogP contribution in [0, 0.1) is 11.8 Å². The van der Waals surface area contributed by atoms with Crippen molar-refractivity contribution < 1.29 is 28.7 Å². The lowest BCUT2D eigenvalue weighted by molar-refractivity contribution is 0.0652. The summed E-state index contributed by atoms with van der Waals surface area (Å²) < 4.78 is 13.3. The maximum Gasteiger partial charge on any atom is 0.197 e. The van der Waals surface area contributed by atoms with Crippen molar-refractivity contribution in [2.75, 3.05) is 6.61 Å². The highest BCUT2D eigenvalue weighted by Crippen LogP contribution is 2.57. The number of thiophene rings is 2. The van der Waals surface area contributed by atoms with Crippen molar-refractivity contribution in [1.29, 1.82) is 0 Å². The molecule has 4 aromatic rings. The number of carbonyl (C=O) groups excluding carboxylic acids is 4. The number of hydrogen-bond donors (Lipinski definition) is 0. The normalized spacial score (nSPS) is 22.9. The zero-order valence-electron chi connectivity index (χ0n) is 28.4. The third-order valence-corrected chi connectivity index (χ3v) is 13.9. The van der Waals surface area contributed by atoms with E-state index in [2.05, 4.69) is 24.3 Å². The highest BCUT2D eigenvalue weighted by molar-refractivity contribution is 7.15. The average Bonchev–Trinajstić information content (AvgIpc) is 3.91. The molecular formula is C45H30O6S2. The zero-order chi connectivity index (χ0) is 35.6. The van der Waals surface area contributed by atoms with E-state index in [0.29, 0.717) is 28.9 Å². The lowest BCUT2D eigenvalue weighted by Crippen LogP contribution is -2.44. The molecule has 0 amide bonds. The van der Waals surface area contributed by atoms with E-state index in [1.54, 1.807) is 83.4 Å². The molecule has 2 atom stereocenters. The summed E-state index contributed by atoms with van der Waals surface area (Å²) in [6, 6.07) is 18.0. The van der Waals surface area contributed by atoms with E-state index in [1.807, 2.05) is 12.1 Å². The standard InChI is InChI=1S/C45H30O6S2/c46-39-28-8-2-3-9-29(28)40(47)34(39)18-26-20-37-43(52-26)32-15-24-17-36-33(16-23(24)14-25(32)22-50-37)44-38(51-45(36)12-6-1-7-13-45)21-27(53-44)19-35-41(48)30-10-4-5-11-31(30)42(35)49/h2-5,8-11,14-21,23-24H,1,6-7,12-13,22H2. The molecule has 6 nitrogen and oxygen atoms in total. The highest BCUT2D eigenvalue weighted by Gasteiger charge is 2.47. The Labute approximate surface area is 313 Å². The van der Waals surface area contributed by atoms with Gasteiger partial charge < -0.3 is 9.47 Å². The Balaban J connectivity index is 0.957. The Bertz CT molecular complexity index is 2530. The highest BCUT2D eigenvalue weighted by atomic mass is 32.1. The van der Waals surface area contributed by atoms with E-state index >= 15 is 0 Å². The number of hydrogen-bond acceptors (Lipinski definition) is 8. The van der Waals surface area contributed by atoms with Crippen LogP contribution in [-0.2, 0) is 0 Å². The molecule has 8 heteroatoms. The van der Waals surface area contributed by atoms with Crippen LogP contribution in [0.2, 0.25) is 0 Å². The summed E-state index contributed by atoms with van der Waals surface area (Å²) in [6.07, 6.45) is 18.2. The van der Waals surface area contributed by atoms with E-state index in [0.717, 1.165) is 67.8 Å². The van der Waals surface area contributed by atoms with Gasteiger partial charge in [-0.15, -0.1) is 22.7 Å². The third kappa shape index (κ3) is 4.55. The topological polar surface area (TPSA) is 86.7 Å². The van der Waals surface area contributed by atoms with Crippen LogP contribution in [0.1, 0.15) is 93.0 Å². The number of fused-ring (bicyclic) bond motifs is 10. The van der Waals surface area contributed by atoms with Gasteiger partial charge in [0, 0.05) is 49.4 Å². The summed E-state index contributed by atoms with van der Waals surface area (Å²) in [6.45, 7) is 0.442. The van der Waals surface area contributed by atoms with Crippen LogP contribution >= 0.6 is 22.7 Å². The predicted molar refractivity (Wildman–Crippen MR) is 206 cm³/mol. The van der Waals surface area contributed by atoms with Gasteiger partial charge in [0.05, 0.1) is 20.9 Å². The maximum atomic E-state index is 13.2. The summed E-state index contributed by atoms with van der Waals surface area (Å²) in [4.78, 5) is 56.4. The molecule has 0 bridgehead atoms. The Kier molecular flexibility index (Phi) is 6.62. The van der Waals surface area contributed by atoms with E-state index < -0.39 is 5.60 Å². The fourth-order valence-electron chi connectivity index (χ4n) is 9.16. The van der Waals surface area contributed by atoms with E-state index in [-0.39, 0.29) is 46.1 Å². The molecule has 53 heavy (non-hydrogen) atoms. The molecule has 0 saturated heterocycles. The van der Waals surface area contributed by atoms with Gasteiger partial charge >= 0.3 is 0 Å². The number of carbonyl (C=O) groups is 4. The summed E-state index contributed by atoms with van der Waals surface area (Å²) in [7, 11) is 0. The van der Waals surface area contributed by atoms with Crippen LogP contribution in [0.5, 0.6) is 11.5 Å². The molecule has 0 radical (unpaired) electrons. The molecule has 1 spiro atoms. The lowest BCUT2D eigenvalue weighted by Gasteiger charge is -2.46.